The van der Waals surface area contributed by atoms with Crippen LogP contribution in [0.3, 0.4) is 0 Å². The molecule has 1 rings (SSSR count). The van der Waals surface area contributed by atoms with Crippen molar-refractivity contribution < 1.29 is 0 Å². The molecule has 0 amide bonds. The smallest absolute Gasteiger partial charge is 0.115 e. The first-order valence-electron chi connectivity index (χ1n) is 5.63. The van der Waals surface area contributed by atoms with Gasteiger partial charge in [-0.15, -0.1) is 0 Å². The Morgan fingerprint density at radius 1 is 1.21 bits per heavy atom. The van der Waals surface area contributed by atoms with E-state index in [2.05, 4.69) is 23.8 Å². The van der Waals surface area contributed by atoms with E-state index < -0.39 is 0 Å². The predicted molar refractivity (Wildman–Crippen MR) is 63.1 cm³/mol. The first-order chi connectivity index (χ1) is 6.88. The standard InChI is InChI=1S/C12H20N2/c1-3-9-13-10-14-12-8-6-5-7-11(12)4-2/h9-10H,3-8H2,1-2H3. The molecule has 1 aliphatic carbocycles. The van der Waals surface area contributed by atoms with Gasteiger partial charge in [0, 0.05) is 11.9 Å². The number of allylic oxidation sites excluding steroid dienone is 2. The second-order valence-corrected chi connectivity index (χ2v) is 3.60. The molecular weight excluding hydrogens is 172 g/mol. The molecule has 0 heterocycles. The van der Waals surface area contributed by atoms with Crippen molar-refractivity contribution in [2.45, 2.75) is 52.4 Å². The molecule has 0 spiro atoms. The zero-order chi connectivity index (χ0) is 10.2. The molecule has 0 N–H and O–H groups in total. The van der Waals surface area contributed by atoms with E-state index in [9.17, 15) is 0 Å². The Morgan fingerprint density at radius 3 is 2.71 bits per heavy atom. The number of hydrogen-bond donors (Lipinski definition) is 0. The van der Waals surface area contributed by atoms with Crippen molar-refractivity contribution in [1.82, 2.24) is 0 Å². The van der Waals surface area contributed by atoms with Crippen LogP contribution in [0.25, 0.3) is 0 Å². The van der Waals surface area contributed by atoms with Crippen LogP contribution in [0.15, 0.2) is 21.3 Å². The first-order valence-corrected chi connectivity index (χ1v) is 5.63. The normalized spacial score (nSPS) is 18.7. The lowest BCUT2D eigenvalue weighted by Gasteiger charge is -2.15. The highest BCUT2D eigenvalue weighted by molar-refractivity contribution is 5.72. The minimum Gasteiger partial charge on any atom is -0.249 e. The molecule has 0 radical (unpaired) electrons. The Kier molecular flexibility index (Phi) is 5.20. The number of aliphatic imine (C=N–C) groups is 2. The van der Waals surface area contributed by atoms with Crippen molar-refractivity contribution in [3.63, 3.8) is 0 Å². The topological polar surface area (TPSA) is 24.7 Å². The summed E-state index contributed by atoms with van der Waals surface area (Å²) in [5, 5.41) is 0. The molecular formula is C12H20N2. The highest BCUT2D eigenvalue weighted by Crippen LogP contribution is 2.27. The van der Waals surface area contributed by atoms with E-state index in [-0.39, 0.29) is 0 Å². The van der Waals surface area contributed by atoms with Crippen molar-refractivity contribution >= 4 is 12.6 Å². The van der Waals surface area contributed by atoms with E-state index in [1.807, 2.05) is 6.21 Å². The SMILES string of the molecule is CCC=NC=NC1=C(CC)CCCC1. The van der Waals surface area contributed by atoms with Crippen LogP contribution in [0.4, 0.5) is 0 Å². The van der Waals surface area contributed by atoms with Gasteiger partial charge in [-0.2, -0.15) is 0 Å². The molecule has 0 aromatic carbocycles. The van der Waals surface area contributed by atoms with Crippen molar-refractivity contribution in [3.8, 4) is 0 Å². The Morgan fingerprint density at radius 2 is 2.00 bits per heavy atom. The predicted octanol–water partition coefficient (Wildman–Crippen LogP) is 3.73. The van der Waals surface area contributed by atoms with Crippen LogP contribution in [0.2, 0.25) is 0 Å². The minimum absolute atomic E-state index is 0.978. The molecule has 0 aromatic rings. The molecule has 14 heavy (non-hydrogen) atoms. The van der Waals surface area contributed by atoms with E-state index >= 15 is 0 Å². The Hall–Kier alpha value is -0.920. The third-order valence-corrected chi connectivity index (χ3v) is 2.55. The molecule has 2 nitrogen and oxygen atoms in total. The van der Waals surface area contributed by atoms with Crippen molar-refractivity contribution in [3.05, 3.63) is 11.3 Å². The summed E-state index contributed by atoms with van der Waals surface area (Å²) in [6, 6.07) is 0. The average molecular weight is 192 g/mol. The molecule has 0 aromatic heterocycles. The summed E-state index contributed by atoms with van der Waals surface area (Å²) >= 11 is 0. The third kappa shape index (κ3) is 3.44. The van der Waals surface area contributed by atoms with Crippen molar-refractivity contribution in [2.24, 2.45) is 9.98 Å². The van der Waals surface area contributed by atoms with Crippen LogP contribution < -0.4 is 0 Å². The second-order valence-electron chi connectivity index (χ2n) is 3.60. The molecule has 0 saturated carbocycles. The quantitative estimate of drug-likeness (QED) is 0.479. The highest BCUT2D eigenvalue weighted by atomic mass is 14.9. The third-order valence-electron chi connectivity index (χ3n) is 2.55. The molecule has 2 heteroatoms. The van der Waals surface area contributed by atoms with Gasteiger partial charge in [0.15, 0.2) is 0 Å². The fraction of sp³-hybridized carbons (Fsp3) is 0.667. The molecule has 0 fully saturated rings. The monoisotopic (exact) mass is 192 g/mol. The Balaban J connectivity index is 2.59. The lowest BCUT2D eigenvalue weighted by molar-refractivity contribution is 0.651. The van der Waals surface area contributed by atoms with E-state index in [0.29, 0.717) is 0 Å². The molecule has 0 aliphatic heterocycles. The van der Waals surface area contributed by atoms with Gasteiger partial charge in [-0.25, -0.2) is 9.98 Å². The van der Waals surface area contributed by atoms with Gasteiger partial charge >= 0.3 is 0 Å². The summed E-state index contributed by atoms with van der Waals surface area (Å²) in [4.78, 5) is 8.53. The lowest BCUT2D eigenvalue weighted by Crippen LogP contribution is -1.97. The van der Waals surface area contributed by atoms with Gasteiger partial charge in [0.25, 0.3) is 0 Å². The fourth-order valence-corrected chi connectivity index (χ4v) is 1.74. The van der Waals surface area contributed by atoms with Gasteiger partial charge in [-0.3, -0.25) is 0 Å². The van der Waals surface area contributed by atoms with Gasteiger partial charge in [0.2, 0.25) is 0 Å². The van der Waals surface area contributed by atoms with Crippen LogP contribution in [0, 0.1) is 0 Å². The number of nitrogens with zero attached hydrogens (tertiary/aromatic N) is 2. The summed E-state index contributed by atoms with van der Waals surface area (Å²) in [7, 11) is 0. The minimum atomic E-state index is 0.978. The first kappa shape index (κ1) is 11.2. The van der Waals surface area contributed by atoms with Gasteiger partial charge in [0.1, 0.15) is 6.34 Å². The molecule has 0 atom stereocenters. The summed E-state index contributed by atoms with van der Waals surface area (Å²) in [6.07, 6.45) is 10.7. The number of hydrogen-bond acceptors (Lipinski definition) is 1. The highest BCUT2D eigenvalue weighted by Gasteiger charge is 2.09. The molecule has 0 bridgehead atoms. The van der Waals surface area contributed by atoms with Gasteiger partial charge < -0.3 is 0 Å². The maximum atomic E-state index is 4.43. The zero-order valence-corrected chi connectivity index (χ0v) is 9.29. The van der Waals surface area contributed by atoms with E-state index in [4.69, 9.17) is 0 Å². The fourth-order valence-electron chi connectivity index (χ4n) is 1.74. The molecule has 1 aliphatic rings. The van der Waals surface area contributed by atoms with Crippen LogP contribution in [0.1, 0.15) is 52.4 Å². The maximum Gasteiger partial charge on any atom is 0.115 e. The van der Waals surface area contributed by atoms with Crippen LogP contribution >= 0.6 is 0 Å². The Bertz CT molecular complexity index is 249. The maximum absolute atomic E-state index is 4.43. The van der Waals surface area contributed by atoms with Crippen molar-refractivity contribution in [2.75, 3.05) is 0 Å². The van der Waals surface area contributed by atoms with Crippen LogP contribution in [-0.4, -0.2) is 12.6 Å². The molecule has 78 valence electrons. The summed E-state index contributed by atoms with van der Waals surface area (Å²) in [6.45, 7) is 4.29. The molecule has 0 unspecified atom stereocenters. The van der Waals surface area contributed by atoms with Crippen LogP contribution in [0.5, 0.6) is 0 Å². The Labute approximate surface area is 86.8 Å². The summed E-state index contributed by atoms with van der Waals surface area (Å²) in [5.74, 6) is 0. The summed E-state index contributed by atoms with van der Waals surface area (Å²) in [5.41, 5.74) is 2.81. The van der Waals surface area contributed by atoms with Gasteiger partial charge in [0.05, 0.1) is 0 Å². The van der Waals surface area contributed by atoms with Crippen molar-refractivity contribution in [1.29, 1.82) is 0 Å². The lowest BCUT2D eigenvalue weighted by atomic mass is 9.95. The largest absolute Gasteiger partial charge is 0.249 e. The average Bonchev–Trinajstić information content (AvgIpc) is 2.25. The van der Waals surface area contributed by atoms with Crippen LogP contribution in [-0.2, 0) is 0 Å². The number of rotatable bonds is 4. The zero-order valence-electron chi connectivity index (χ0n) is 9.29. The van der Waals surface area contributed by atoms with E-state index in [1.54, 1.807) is 6.34 Å². The molecule has 0 saturated heterocycles. The van der Waals surface area contributed by atoms with Gasteiger partial charge in [-0.1, -0.05) is 13.8 Å². The van der Waals surface area contributed by atoms with E-state index in [1.165, 1.54) is 30.5 Å². The second kappa shape index (κ2) is 6.52. The van der Waals surface area contributed by atoms with E-state index in [0.717, 1.165) is 19.3 Å². The summed E-state index contributed by atoms with van der Waals surface area (Å²) < 4.78 is 0. The van der Waals surface area contributed by atoms with Gasteiger partial charge in [-0.05, 0) is 44.1 Å².